The molecule has 0 aliphatic carbocycles. The number of allylic oxidation sites excluding steroid dienone is 4. The SMILES string of the molecule is COC(=O)C=Cc1ccc(C(C#N)=CC=C(C)c2cccnc2)cc1. The van der Waals surface area contributed by atoms with Crippen molar-refractivity contribution in [1.82, 2.24) is 4.98 Å². The summed E-state index contributed by atoms with van der Waals surface area (Å²) in [5.74, 6) is -0.405. The Morgan fingerprint density at radius 1 is 1.16 bits per heavy atom. The number of nitrogens with zero attached hydrogens (tertiary/aromatic N) is 2. The zero-order chi connectivity index (χ0) is 18.1. The van der Waals surface area contributed by atoms with Gasteiger partial charge >= 0.3 is 5.97 Å². The highest BCUT2D eigenvalue weighted by Gasteiger charge is 2.00. The summed E-state index contributed by atoms with van der Waals surface area (Å²) in [6, 6.07) is 13.4. The molecule has 0 aliphatic rings. The number of methoxy groups -OCH3 is 1. The van der Waals surface area contributed by atoms with Crippen molar-refractivity contribution in [3.63, 3.8) is 0 Å². The highest BCUT2D eigenvalue weighted by atomic mass is 16.5. The highest BCUT2D eigenvalue weighted by Crippen LogP contribution is 2.18. The van der Waals surface area contributed by atoms with E-state index in [2.05, 4.69) is 15.8 Å². The van der Waals surface area contributed by atoms with Gasteiger partial charge in [0.2, 0.25) is 0 Å². The molecule has 0 saturated carbocycles. The van der Waals surface area contributed by atoms with E-state index in [9.17, 15) is 10.1 Å². The van der Waals surface area contributed by atoms with Gasteiger partial charge < -0.3 is 4.74 Å². The van der Waals surface area contributed by atoms with E-state index in [0.29, 0.717) is 5.57 Å². The maximum Gasteiger partial charge on any atom is 0.330 e. The summed E-state index contributed by atoms with van der Waals surface area (Å²) >= 11 is 0. The van der Waals surface area contributed by atoms with Crippen molar-refractivity contribution in [3.05, 3.63) is 83.7 Å². The minimum absolute atomic E-state index is 0.405. The van der Waals surface area contributed by atoms with Crippen LogP contribution in [-0.2, 0) is 9.53 Å². The summed E-state index contributed by atoms with van der Waals surface area (Å²) < 4.78 is 4.55. The summed E-state index contributed by atoms with van der Waals surface area (Å²) in [5, 5.41) is 9.41. The number of nitriles is 1. The van der Waals surface area contributed by atoms with Crippen molar-refractivity contribution in [2.75, 3.05) is 7.11 Å². The van der Waals surface area contributed by atoms with Gasteiger partial charge in [-0.25, -0.2) is 4.79 Å². The summed E-state index contributed by atoms with van der Waals surface area (Å²) in [7, 11) is 1.33. The molecule has 0 radical (unpaired) electrons. The van der Waals surface area contributed by atoms with E-state index in [0.717, 1.165) is 22.3 Å². The third kappa shape index (κ3) is 5.29. The van der Waals surface area contributed by atoms with E-state index in [1.54, 1.807) is 24.5 Å². The molecule has 2 aromatic rings. The molecule has 0 aliphatic heterocycles. The zero-order valence-corrected chi connectivity index (χ0v) is 14.1. The van der Waals surface area contributed by atoms with E-state index in [1.807, 2.05) is 49.4 Å². The van der Waals surface area contributed by atoms with Gasteiger partial charge in [-0.05, 0) is 47.4 Å². The summed E-state index contributed by atoms with van der Waals surface area (Å²) in [4.78, 5) is 15.2. The molecule has 0 unspecified atom stereocenters. The van der Waals surface area contributed by atoms with E-state index >= 15 is 0 Å². The fourth-order valence-electron chi connectivity index (χ4n) is 2.10. The Morgan fingerprint density at radius 2 is 1.92 bits per heavy atom. The molecule has 0 fully saturated rings. The normalized spacial score (nSPS) is 12.0. The molecule has 2 rings (SSSR count). The molecule has 0 bridgehead atoms. The summed E-state index contributed by atoms with van der Waals surface area (Å²) in [5.41, 5.74) is 4.27. The second-order valence-electron chi connectivity index (χ2n) is 5.26. The topological polar surface area (TPSA) is 63.0 Å². The zero-order valence-electron chi connectivity index (χ0n) is 14.1. The predicted molar refractivity (Wildman–Crippen MR) is 99.0 cm³/mol. The average Bonchev–Trinajstić information content (AvgIpc) is 2.67. The Hall–Kier alpha value is -3.45. The number of carbonyl (C=O) groups excluding carboxylic acids is 1. The van der Waals surface area contributed by atoms with Crippen molar-refractivity contribution in [2.45, 2.75) is 6.92 Å². The second-order valence-corrected chi connectivity index (χ2v) is 5.26. The number of esters is 1. The van der Waals surface area contributed by atoms with Crippen LogP contribution in [0.2, 0.25) is 0 Å². The Balaban J connectivity index is 2.19. The first-order valence-corrected chi connectivity index (χ1v) is 7.69. The molecular weight excluding hydrogens is 312 g/mol. The predicted octanol–water partition coefficient (Wildman–Crippen LogP) is 4.28. The number of ether oxygens (including phenoxy) is 1. The summed E-state index contributed by atoms with van der Waals surface area (Å²) in [6.07, 6.45) is 10.2. The molecule has 0 amide bonds. The Labute approximate surface area is 147 Å². The third-order valence-corrected chi connectivity index (χ3v) is 3.57. The maximum absolute atomic E-state index is 11.1. The molecule has 1 aromatic heterocycles. The number of hydrogen-bond donors (Lipinski definition) is 0. The lowest BCUT2D eigenvalue weighted by Crippen LogP contribution is -1.93. The van der Waals surface area contributed by atoms with Crippen LogP contribution in [-0.4, -0.2) is 18.1 Å². The Morgan fingerprint density at radius 3 is 2.52 bits per heavy atom. The Bertz CT molecular complexity index is 855. The van der Waals surface area contributed by atoms with Crippen LogP contribution < -0.4 is 0 Å². The molecule has 0 spiro atoms. The molecule has 1 heterocycles. The largest absolute Gasteiger partial charge is 0.466 e. The second kappa shape index (κ2) is 8.99. The number of carbonyl (C=O) groups is 1. The number of hydrogen-bond acceptors (Lipinski definition) is 4. The van der Waals surface area contributed by atoms with Gasteiger partial charge in [0.15, 0.2) is 0 Å². The first-order chi connectivity index (χ1) is 12.1. The quantitative estimate of drug-likeness (QED) is 0.355. The number of aromatic nitrogens is 1. The molecule has 124 valence electrons. The van der Waals surface area contributed by atoms with Crippen molar-refractivity contribution < 1.29 is 9.53 Å². The molecule has 0 N–H and O–H groups in total. The first-order valence-electron chi connectivity index (χ1n) is 7.69. The van der Waals surface area contributed by atoms with Gasteiger partial charge in [-0.2, -0.15) is 5.26 Å². The standard InChI is InChI=1S/C21H18N2O2/c1-16(20-4-3-13-23-15-20)5-9-19(14-22)18-10-6-17(7-11-18)8-12-21(24)25-2/h3-13,15H,1-2H3. The number of rotatable bonds is 5. The third-order valence-electron chi connectivity index (χ3n) is 3.57. The van der Waals surface area contributed by atoms with E-state index in [4.69, 9.17) is 0 Å². The minimum Gasteiger partial charge on any atom is -0.466 e. The molecule has 4 heteroatoms. The van der Waals surface area contributed by atoms with Crippen molar-refractivity contribution in [3.8, 4) is 6.07 Å². The number of pyridine rings is 1. The molecule has 0 saturated heterocycles. The van der Waals surface area contributed by atoms with Crippen LogP contribution in [0.4, 0.5) is 0 Å². The van der Waals surface area contributed by atoms with Crippen molar-refractivity contribution in [2.24, 2.45) is 0 Å². The van der Waals surface area contributed by atoms with Gasteiger partial charge in [-0.15, -0.1) is 0 Å². The van der Waals surface area contributed by atoms with Gasteiger partial charge in [-0.3, -0.25) is 4.98 Å². The first kappa shape index (κ1) is 17.9. The van der Waals surface area contributed by atoms with Gasteiger partial charge in [0.1, 0.15) is 0 Å². The van der Waals surface area contributed by atoms with Crippen molar-refractivity contribution in [1.29, 1.82) is 5.26 Å². The number of benzene rings is 1. The monoisotopic (exact) mass is 330 g/mol. The highest BCUT2D eigenvalue weighted by molar-refractivity contribution is 5.87. The molecule has 1 aromatic carbocycles. The average molecular weight is 330 g/mol. The lowest BCUT2D eigenvalue weighted by atomic mass is 10.0. The van der Waals surface area contributed by atoms with Crippen LogP contribution in [0.5, 0.6) is 0 Å². The van der Waals surface area contributed by atoms with E-state index in [1.165, 1.54) is 13.2 Å². The minimum atomic E-state index is -0.405. The fourth-order valence-corrected chi connectivity index (χ4v) is 2.10. The Kier molecular flexibility index (Phi) is 6.44. The van der Waals surface area contributed by atoms with Gasteiger partial charge in [0.05, 0.1) is 18.8 Å². The van der Waals surface area contributed by atoms with Gasteiger partial charge in [-0.1, -0.05) is 36.4 Å². The van der Waals surface area contributed by atoms with E-state index in [-0.39, 0.29) is 0 Å². The van der Waals surface area contributed by atoms with Crippen LogP contribution >= 0.6 is 0 Å². The molecule has 0 atom stereocenters. The maximum atomic E-state index is 11.1. The fraction of sp³-hybridized carbons (Fsp3) is 0.0952. The smallest absolute Gasteiger partial charge is 0.330 e. The van der Waals surface area contributed by atoms with Crippen LogP contribution in [0.15, 0.2) is 67.0 Å². The molecule has 4 nitrogen and oxygen atoms in total. The summed E-state index contributed by atoms with van der Waals surface area (Å²) in [6.45, 7) is 1.98. The van der Waals surface area contributed by atoms with Crippen LogP contribution in [0.3, 0.4) is 0 Å². The lowest BCUT2D eigenvalue weighted by Gasteiger charge is -2.01. The van der Waals surface area contributed by atoms with E-state index < -0.39 is 5.97 Å². The molecule has 25 heavy (non-hydrogen) atoms. The lowest BCUT2D eigenvalue weighted by molar-refractivity contribution is -0.134. The van der Waals surface area contributed by atoms with Crippen LogP contribution in [0.25, 0.3) is 17.2 Å². The van der Waals surface area contributed by atoms with Crippen molar-refractivity contribution >= 4 is 23.2 Å². The molecular formula is C21H18N2O2. The van der Waals surface area contributed by atoms with Crippen LogP contribution in [0, 0.1) is 11.3 Å². The van der Waals surface area contributed by atoms with Gasteiger partial charge in [0, 0.05) is 18.5 Å². The van der Waals surface area contributed by atoms with Gasteiger partial charge in [0.25, 0.3) is 0 Å². The van der Waals surface area contributed by atoms with Crippen LogP contribution in [0.1, 0.15) is 23.6 Å².